The van der Waals surface area contributed by atoms with Crippen LogP contribution in [-0.2, 0) is 16.0 Å². The SMILES string of the molecule is CC[C@H](C)c1ccc(N(C(=O)Cc2ccsc2)[C@@H](C(=O)NC2CCCCC2)c2ccc(F)cc2)cc1. The van der Waals surface area contributed by atoms with Gasteiger partial charge in [-0.1, -0.05) is 57.4 Å². The van der Waals surface area contributed by atoms with E-state index in [0.29, 0.717) is 17.2 Å². The second-order valence-corrected chi connectivity index (χ2v) is 10.6. The number of rotatable bonds is 9. The normalized spacial score (nSPS) is 15.8. The molecule has 0 unspecified atom stereocenters. The lowest BCUT2D eigenvalue weighted by Crippen LogP contribution is -2.47. The lowest BCUT2D eigenvalue weighted by atomic mass is 9.94. The van der Waals surface area contributed by atoms with Crippen molar-refractivity contribution >= 4 is 28.8 Å². The number of nitrogens with one attached hydrogen (secondary N) is 1. The Morgan fingerprint density at radius 3 is 2.28 bits per heavy atom. The molecule has 1 fully saturated rings. The molecule has 2 aromatic carbocycles. The van der Waals surface area contributed by atoms with Crippen LogP contribution in [0.3, 0.4) is 0 Å². The first kappa shape index (κ1) is 26.1. The van der Waals surface area contributed by atoms with Crippen LogP contribution in [0, 0.1) is 5.82 Å². The number of carbonyl (C=O) groups is 2. The molecule has 0 bridgehead atoms. The van der Waals surface area contributed by atoms with Gasteiger partial charge in [-0.05, 0) is 83.0 Å². The van der Waals surface area contributed by atoms with Gasteiger partial charge in [-0.3, -0.25) is 14.5 Å². The molecular formula is C30H35FN2O2S. The molecular weight excluding hydrogens is 471 g/mol. The number of thiophene rings is 1. The van der Waals surface area contributed by atoms with E-state index in [2.05, 4.69) is 19.2 Å². The molecule has 4 rings (SSSR count). The minimum Gasteiger partial charge on any atom is -0.351 e. The van der Waals surface area contributed by atoms with Crippen LogP contribution in [-0.4, -0.2) is 17.9 Å². The molecule has 1 saturated carbocycles. The van der Waals surface area contributed by atoms with E-state index in [-0.39, 0.29) is 30.1 Å². The van der Waals surface area contributed by atoms with Crippen molar-refractivity contribution in [3.05, 3.63) is 87.9 Å². The standard InChI is InChI=1S/C30H35FN2O2S/c1-3-21(2)23-11-15-27(16-12-23)33(28(34)19-22-17-18-36-20-22)29(24-9-13-25(31)14-10-24)30(35)32-26-7-5-4-6-8-26/h9-18,20-21,26,29H,3-8,19H2,1-2H3,(H,32,35)/t21-,29+/m0/s1. The molecule has 190 valence electrons. The lowest BCUT2D eigenvalue weighted by Gasteiger charge is -2.33. The van der Waals surface area contributed by atoms with Crippen LogP contribution in [0.1, 0.15) is 81.0 Å². The number of benzene rings is 2. The number of anilines is 1. The zero-order chi connectivity index (χ0) is 25.5. The summed E-state index contributed by atoms with van der Waals surface area (Å²) in [4.78, 5) is 29.3. The van der Waals surface area contributed by atoms with E-state index in [4.69, 9.17) is 0 Å². The molecule has 0 radical (unpaired) electrons. The molecule has 1 heterocycles. The van der Waals surface area contributed by atoms with E-state index < -0.39 is 6.04 Å². The predicted molar refractivity (Wildman–Crippen MR) is 145 cm³/mol. The summed E-state index contributed by atoms with van der Waals surface area (Å²) in [6, 6.07) is 15.0. The Morgan fingerprint density at radius 2 is 1.67 bits per heavy atom. The van der Waals surface area contributed by atoms with Gasteiger partial charge in [-0.15, -0.1) is 0 Å². The fraction of sp³-hybridized carbons (Fsp3) is 0.400. The van der Waals surface area contributed by atoms with E-state index >= 15 is 0 Å². The summed E-state index contributed by atoms with van der Waals surface area (Å²) in [6.07, 6.45) is 6.44. The summed E-state index contributed by atoms with van der Waals surface area (Å²) < 4.78 is 13.8. The van der Waals surface area contributed by atoms with Crippen molar-refractivity contribution in [3.8, 4) is 0 Å². The van der Waals surface area contributed by atoms with Gasteiger partial charge in [0.2, 0.25) is 11.8 Å². The first-order valence-corrected chi connectivity index (χ1v) is 13.9. The summed E-state index contributed by atoms with van der Waals surface area (Å²) >= 11 is 1.54. The van der Waals surface area contributed by atoms with Crippen molar-refractivity contribution in [3.63, 3.8) is 0 Å². The van der Waals surface area contributed by atoms with E-state index in [0.717, 1.165) is 37.7 Å². The molecule has 1 aliphatic carbocycles. The van der Waals surface area contributed by atoms with Crippen LogP contribution >= 0.6 is 11.3 Å². The number of hydrogen-bond acceptors (Lipinski definition) is 3. The van der Waals surface area contributed by atoms with Crippen molar-refractivity contribution in [2.75, 3.05) is 4.90 Å². The fourth-order valence-electron chi connectivity index (χ4n) is 4.88. The Morgan fingerprint density at radius 1 is 1.00 bits per heavy atom. The summed E-state index contributed by atoms with van der Waals surface area (Å²) in [5.41, 5.74) is 3.36. The third kappa shape index (κ3) is 6.41. The molecule has 1 aliphatic rings. The zero-order valence-corrected chi connectivity index (χ0v) is 21.9. The number of carbonyl (C=O) groups excluding carboxylic acids is 2. The topological polar surface area (TPSA) is 49.4 Å². The van der Waals surface area contributed by atoms with Crippen molar-refractivity contribution in [1.82, 2.24) is 5.32 Å². The minimum atomic E-state index is -0.895. The second-order valence-electron chi connectivity index (χ2n) is 9.77. The quantitative estimate of drug-likeness (QED) is 0.335. The van der Waals surface area contributed by atoms with E-state index in [9.17, 15) is 14.0 Å². The van der Waals surface area contributed by atoms with Crippen molar-refractivity contribution in [1.29, 1.82) is 0 Å². The molecule has 6 heteroatoms. The van der Waals surface area contributed by atoms with Gasteiger partial charge in [0.1, 0.15) is 11.9 Å². The average Bonchev–Trinajstić information content (AvgIpc) is 3.41. The predicted octanol–water partition coefficient (Wildman–Crippen LogP) is 7.17. The summed E-state index contributed by atoms with van der Waals surface area (Å²) in [7, 11) is 0. The first-order chi connectivity index (χ1) is 17.5. The maximum Gasteiger partial charge on any atom is 0.248 e. The van der Waals surface area contributed by atoms with Gasteiger partial charge in [-0.2, -0.15) is 11.3 Å². The Labute approximate surface area is 217 Å². The molecule has 1 aromatic heterocycles. The lowest BCUT2D eigenvalue weighted by molar-refractivity contribution is -0.127. The van der Waals surface area contributed by atoms with Gasteiger partial charge in [0.05, 0.1) is 6.42 Å². The van der Waals surface area contributed by atoms with Gasteiger partial charge >= 0.3 is 0 Å². The first-order valence-electron chi connectivity index (χ1n) is 12.9. The van der Waals surface area contributed by atoms with Gasteiger partial charge in [0.15, 0.2) is 0 Å². The Kier molecular flexibility index (Phi) is 8.92. The van der Waals surface area contributed by atoms with Gasteiger partial charge in [0, 0.05) is 11.7 Å². The van der Waals surface area contributed by atoms with Crippen LogP contribution in [0.4, 0.5) is 10.1 Å². The number of halogens is 1. The van der Waals surface area contributed by atoms with Crippen LogP contribution in [0.5, 0.6) is 0 Å². The zero-order valence-electron chi connectivity index (χ0n) is 21.1. The van der Waals surface area contributed by atoms with Gasteiger partial charge in [-0.25, -0.2) is 4.39 Å². The Bertz CT molecular complexity index is 1120. The molecule has 36 heavy (non-hydrogen) atoms. The average molecular weight is 507 g/mol. The van der Waals surface area contributed by atoms with Gasteiger partial charge in [0.25, 0.3) is 0 Å². The highest BCUT2D eigenvalue weighted by molar-refractivity contribution is 7.08. The number of nitrogens with zero attached hydrogens (tertiary/aromatic N) is 1. The summed E-state index contributed by atoms with van der Waals surface area (Å²) in [5.74, 6) is -0.369. The Hall–Kier alpha value is -2.99. The molecule has 3 aromatic rings. The van der Waals surface area contributed by atoms with Crippen LogP contribution in [0.15, 0.2) is 65.4 Å². The highest BCUT2D eigenvalue weighted by Crippen LogP contribution is 2.32. The minimum absolute atomic E-state index is 0.0933. The van der Waals surface area contributed by atoms with Crippen molar-refractivity contribution < 1.29 is 14.0 Å². The van der Waals surface area contributed by atoms with E-state index in [1.54, 1.807) is 28.4 Å². The highest BCUT2D eigenvalue weighted by Gasteiger charge is 2.34. The molecule has 2 amide bonds. The number of amides is 2. The monoisotopic (exact) mass is 506 g/mol. The van der Waals surface area contributed by atoms with Crippen molar-refractivity contribution in [2.45, 2.75) is 76.8 Å². The molecule has 1 N–H and O–H groups in total. The molecule has 0 aliphatic heterocycles. The summed E-state index contributed by atoms with van der Waals surface area (Å²) in [5, 5.41) is 7.11. The third-order valence-corrected chi connectivity index (χ3v) is 7.93. The maximum absolute atomic E-state index is 13.8. The van der Waals surface area contributed by atoms with E-state index in [1.807, 2.05) is 41.1 Å². The van der Waals surface area contributed by atoms with Crippen molar-refractivity contribution in [2.24, 2.45) is 0 Å². The largest absolute Gasteiger partial charge is 0.351 e. The van der Waals surface area contributed by atoms with Crippen LogP contribution in [0.2, 0.25) is 0 Å². The highest BCUT2D eigenvalue weighted by atomic mass is 32.1. The fourth-order valence-corrected chi connectivity index (χ4v) is 5.55. The van der Waals surface area contributed by atoms with Crippen LogP contribution < -0.4 is 10.2 Å². The van der Waals surface area contributed by atoms with Gasteiger partial charge < -0.3 is 5.32 Å². The summed E-state index contributed by atoms with van der Waals surface area (Å²) in [6.45, 7) is 4.32. The number of hydrogen-bond donors (Lipinski definition) is 1. The molecule has 0 saturated heterocycles. The van der Waals surface area contributed by atoms with Crippen LogP contribution in [0.25, 0.3) is 0 Å². The maximum atomic E-state index is 13.8. The van der Waals surface area contributed by atoms with E-state index in [1.165, 1.54) is 24.1 Å². The molecule has 0 spiro atoms. The second kappa shape index (κ2) is 12.3. The Balaban J connectivity index is 1.74. The molecule has 4 nitrogen and oxygen atoms in total. The smallest absolute Gasteiger partial charge is 0.248 e. The third-order valence-electron chi connectivity index (χ3n) is 7.20. The molecule has 2 atom stereocenters.